The summed E-state index contributed by atoms with van der Waals surface area (Å²) in [4.78, 5) is 46.9. The molecule has 2 aromatic heterocycles. The van der Waals surface area contributed by atoms with E-state index >= 15 is 0 Å². The van der Waals surface area contributed by atoms with E-state index in [4.69, 9.17) is 0 Å². The van der Waals surface area contributed by atoms with Gasteiger partial charge in [-0.05, 0) is 46.7 Å². The van der Waals surface area contributed by atoms with Crippen molar-refractivity contribution in [2.24, 2.45) is 5.92 Å². The van der Waals surface area contributed by atoms with E-state index in [-0.39, 0.29) is 24.3 Å². The van der Waals surface area contributed by atoms with Crippen LogP contribution in [0.15, 0.2) is 115 Å². The van der Waals surface area contributed by atoms with Crippen LogP contribution < -0.4 is 10.9 Å². The standard InChI is InChI=1S/C38H35N5O3/c1-3-24(2)35(37(45)41-40-32(44)23-42-22-21-25-13-7-12-20-31(25)42)43-36(27-16-8-9-17-28(27)38(43)46)33-29-18-10-11-19-30(29)39-34(33)26-14-5-4-6-15-26/h4-22,24,35-36,39H,3,23H2,1-2H3,(H,40,44)(H,41,45). The van der Waals surface area contributed by atoms with E-state index in [2.05, 4.69) is 21.9 Å². The molecule has 4 aromatic carbocycles. The van der Waals surface area contributed by atoms with Gasteiger partial charge < -0.3 is 14.5 Å². The summed E-state index contributed by atoms with van der Waals surface area (Å²) in [5.74, 6) is -1.23. The second kappa shape index (κ2) is 12.0. The van der Waals surface area contributed by atoms with E-state index in [1.807, 2.05) is 128 Å². The minimum Gasteiger partial charge on any atom is -0.354 e. The van der Waals surface area contributed by atoms with Gasteiger partial charge in [0.15, 0.2) is 0 Å². The quantitative estimate of drug-likeness (QED) is 0.170. The van der Waals surface area contributed by atoms with Crippen LogP contribution in [0.3, 0.4) is 0 Å². The van der Waals surface area contributed by atoms with Crippen molar-refractivity contribution < 1.29 is 14.4 Å². The number of para-hydroxylation sites is 2. The molecule has 0 bridgehead atoms. The number of H-pyrrole nitrogens is 1. The van der Waals surface area contributed by atoms with Gasteiger partial charge in [0.1, 0.15) is 12.6 Å². The van der Waals surface area contributed by atoms with Crippen molar-refractivity contribution in [1.82, 2.24) is 25.3 Å². The first kappa shape index (κ1) is 29.1. The van der Waals surface area contributed by atoms with Gasteiger partial charge in [-0.2, -0.15) is 0 Å². The van der Waals surface area contributed by atoms with Crippen LogP contribution in [0, 0.1) is 5.92 Å². The lowest BCUT2D eigenvalue weighted by molar-refractivity contribution is -0.133. The zero-order chi connectivity index (χ0) is 31.8. The molecule has 0 radical (unpaired) electrons. The van der Waals surface area contributed by atoms with Gasteiger partial charge in [0, 0.05) is 33.7 Å². The molecule has 0 fully saturated rings. The molecule has 7 rings (SSSR count). The summed E-state index contributed by atoms with van der Waals surface area (Å²) in [5, 5.41) is 2.01. The van der Waals surface area contributed by atoms with Gasteiger partial charge in [-0.25, -0.2) is 0 Å². The molecule has 0 aliphatic carbocycles. The zero-order valence-electron chi connectivity index (χ0n) is 25.7. The summed E-state index contributed by atoms with van der Waals surface area (Å²) in [6.45, 7) is 4.01. The third-order valence-corrected chi connectivity index (χ3v) is 9.15. The number of carbonyl (C=O) groups excluding carboxylic acids is 3. The first-order valence-electron chi connectivity index (χ1n) is 15.7. The third-order valence-electron chi connectivity index (χ3n) is 9.15. The van der Waals surface area contributed by atoms with Crippen LogP contribution in [0.25, 0.3) is 33.1 Å². The summed E-state index contributed by atoms with van der Waals surface area (Å²) in [6.07, 6.45) is 2.50. The van der Waals surface area contributed by atoms with E-state index < -0.39 is 18.0 Å². The number of amides is 3. The second-order valence-corrected chi connectivity index (χ2v) is 11.9. The number of hydrazine groups is 1. The number of carbonyl (C=O) groups is 3. The smallest absolute Gasteiger partial charge is 0.261 e. The number of fused-ring (bicyclic) bond motifs is 3. The van der Waals surface area contributed by atoms with Crippen LogP contribution in [0.2, 0.25) is 0 Å². The average Bonchev–Trinajstić information content (AvgIpc) is 3.76. The van der Waals surface area contributed by atoms with Gasteiger partial charge in [0.25, 0.3) is 17.7 Å². The van der Waals surface area contributed by atoms with Gasteiger partial charge >= 0.3 is 0 Å². The van der Waals surface area contributed by atoms with Crippen molar-refractivity contribution >= 4 is 39.5 Å². The van der Waals surface area contributed by atoms with Gasteiger partial charge in [-0.3, -0.25) is 25.2 Å². The molecular formula is C38H35N5O3. The average molecular weight is 610 g/mol. The highest BCUT2D eigenvalue weighted by Crippen LogP contribution is 2.47. The fourth-order valence-corrected chi connectivity index (χ4v) is 6.76. The van der Waals surface area contributed by atoms with Crippen molar-refractivity contribution in [3.8, 4) is 11.3 Å². The minimum atomic E-state index is -0.861. The van der Waals surface area contributed by atoms with Crippen LogP contribution in [0.4, 0.5) is 0 Å². The molecule has 3 atom stereocenters. The Kier molecular flexibility index (Phi) is 7.62. The fourth-order valence-electron chi connectivity index (χ4n) is 6.76. The predicted molar refractivity (Wildman–Crippen MR) is 180 cm³/mol. The Bertz CT molecular complexity index is 2080. The zero-order valence-corrected chi connectivity index (χ0v) is 25.7. The Balaban J connectivity index is 1.26. The first-order chi connectivity index (χ1) is 22.5. The third kappa shape index (κ3) is 5.01. The lowest BCUT2D eigenvalue weighted by atomic mass is 9.90. The van der Waals surface area contributed by atoms with Gasteiger partial charge in [0.05, 0.1) is 11.7 Å². The van der Waals surface area contributed by atoms with E-state index in [0.29, 0.717) is 12.0 Å². The topological polar surface area (TPSA) is 99.2 Å². The molecule has 0 saturated carbocycles. The summed E-state index contributed by atoms with van der Waals surface area (Å²) in [5.41, 5.74) is 11.4. The number of benzene rings is 4. The van der Waals surface area contributed by atoms with Gasteiger partial charge in [0.2, 0.25) is 0 Å². The highest BCUT2D eigenvalue weighted by Gasteiger charge is 2.47. The Labute approximate surface area is 267 Å². The number of hydrogen-bond acceptors (Lipinski definition) is 3. The Morgan fingerprint density at radius 2 is 1.57 bits per heavy atom. The molecule has 1 aliphatic heterocycles. The molecule has 8 heteroatoms. The molecule has 0 spiro atoms. The van der Waals surface area contributed by atoms with Crippen molar-refractivity contribution in [1.29, 1.82) is 0 Å². The molecule has 230 valence electrons. The van der Waals surface area contributed by atoms with Crippen LogP contribution in [0.5, 0.6) is 0 Å². The Hall–Kier alpha value is -5.63. The van der Waals surface area contributed by atoms with E-state index in [9.17, 15) is 14.4 Å². The molecule has 8 nitrogen and oxygen atoms in total. The van der Waals surface area contributed by atoms with E-state index in [1.165, 1.54) is 0 Å². The normalized spacial score (nSPS) is 15.6. The molecular weight excluding hydrogens is 574 g/mol. The number of nitrogens with zero attached hydrogens (tertiary/aromatic N) is 2. The van der Waals surface area contributed by atoms with E-state index in [1.54, 1.807) is 4.90 Å². The number of aromatic amines is 1. The molecule has 6 aromatic rings. The van der Waals surface area contributed by atoms with Crippen molar-refractivity contribution in [3.63, 3.8) is 0 Å². The molecule has 3 heterocycles. The lowest BCUT2D eigenvalue weighted by Crippen LogP contribution is -2.56. The molecule has 0 saturated heterocycles. The molecule has 3 amide bonds. The lowest BCUT2D eigenvalue weighted by Gasteiger charge is -2.36. The number of aromatic nitrogens is 2. The Morgan fingerprint density at radius 1 is 0.848 bits per heavy atom. The predicted octanol–water partition coefficient (Wildman–Crippen LogP) is 6.60. The molecule has 3 unspecified atom stereocenters. The van der Waals surface area contributed by atoms with Gasteiger partial charge in [-0.15, -0.1) is 0 Å². The number of nitrogens with one attached hydrogen (secondary N) is 3. The van der Waals surface area contributed by atoms with Crippen LogP contribution in [0.1, 0.15) is 47.8 Å². The van der Waals surface area contributed by atoms with Crippen molar-refractivity contribution in [2.75, 3.05) is 0 Å². The Morgan fingerprint density at radius 3 is 2.39 bits per heavy atom. The molecule has 46 heavy (non-hydrogen) atoms. The number of rotatable bonds is 8. The first-order valence-corrected chi connectivity index (χ1v) is 15.7. The fraction of sp³-hybridized carbons (Fsp3) is 0.184. The van der Waals surface area contributed by atoms with E-state index in [0.717, 1.165) is 44.2 Å². The van der Waals surface area contributed by atoms with Crippen molar-refractivity contribution in [3.05, 3.63) is 132 Å². The highest BCUT2D eigenvalue weighted by atomic mass is 16.2. The largest absolute Gasteiger partial charge is 0.354 e. The summed E-state index contributed by atoms with van der Waals surface area (Å²) in [6, 6.07) is 34.1. The maximum atomic E-state index is 14.4. The van der Waals surface area contributed by atoms with Crippen LogP contribution in [-0.2, 0) is 16.1 Å². The minimum absolute atomic E-state index is 0.0360. The van der Waals surface area contributed by atoms with Crippen molar-refractivity contribution in [2.45, 2.75) is 38.9 Å². The second-order valence-electron chi connectivity index (χ2n) is 11.9. The summed E-state index contributed by atoms with van der Waals surface area (Å²) >= 11 is 0. The molecule has 1 aliphatic rings. The van der Waals surface area contributed by atoms with Gasteiger partial charge in [-0.1, -0.05) is 105 Å². The highest BCUT2D eigenvalue weighted by molar-refractivity contribution is 6.04. The van der Waals surface area contributed by atoms with Crippen LogP contribution in [-0.4, -0.2) is 38.2 Å². The monoisotopic (exact) mass is 609 g/mol. The maximum Gasteiger partial charge on any atom is 0.261 e. The summed E-state index contributed by atoms with van der Waals surface area (Å²) < 4.78 is 1.84. The maximum absolute atomic E-state index is 14.4. The van der Waals surface area contributed by atoms with Crippen LogP contribution >= 0.6 is 0 Å². The SMILES string of the molecule is CCC(C)C(C(=O)NNC(=O)Cn1ccc2ccccc21)N1C(=O)c2ccccc2C1c1c(-c2ccccc2)[nH]c2ccccc12. The summed E-state index contributed by atoms with van der Waals surface area (Å²) in [7, 11) is 0. The molecule has 3 N–H and O–H groups in total. The number of hydrogen-bond donors (Lipinski definition) is 3.